The van der Waals surface area contributed by atoms with Gasteiger partial charge in [0.25, 0.3) is 5.91 Å². The van der Waals surface area contributed by atoms with Gasteiger partial charge in [0.15, 0.2) is 5.69 Å². The maximum absolute atomic E-state index is 12.4. The number of carbonyl (C=O) groups excluding carboxylic acids is 1. The molecule has 1 aromatic carbocycles. The highest BCUT2D eigenvalue weighted by atomic mass is 16.4. The van der Waals surface area contributed by atoms with Crippen LogP contribution in [-0.4, -0.2) is 50.0 Å². The Balaban J connectivity index is 1.69. The molecule has 1 aliphatic rings. The number of nitrogens with zero attached hydrogens (tertiary/aromatic N) is 4. The fraction of sp³-hybridized carbons (Fsp3) is 0.333. The second-order valence-corrected chi connectivity index (χ2v) is 5.29. The van der Waals surface area contributed by atoms with Gasteiger partial charge in [0.05, 0.1) is 17.8 Å². The van der Waals surface area contributed by atoms with Crippen LogP contribution in [0.4, 0.5) is 0 Å². The van der Waals surface area contributed by atoms with Crippen molar-refractivity contribution in [2.24, 2.45) is 5.92 Å². The van der Waals surface area contributed by atoms with Gasteiger partial charge >= 0.3 is 5.97 Å². The van der Waals surface area contributed by atoms with Crippen molar-refractivity contribution < 1.29 is 14.7 Å². The molecule has 0 aliphatic carbocycles. The molecule has 0 saturated carbocycles. The van der Waals surface area contributed by atoms with E-state index in [4.69, 9.17) is 5.11 Å². The summed E-state index contributed by atoms with van der Waals surface area (Å²) in [7, 11) is 0. The Hall–Kier alpha value is -2.70. The fourth-order valence-corrected chi connectivity index (χ4v) is 2.56. The molecule has 7 heteroatoms. The van der Waals surface area contributed by atoms with E-state index >= 15 is 0 Å². The lowest BCUT2D eigenvalue weighted by molar-refractivity contribution is -0.143. The first-order valence-corrected chi connectivity index (χ1v) is 7.15. The van der Waals surface area contributed by atoms with Gasteiger partial charge in [-0.1, -0.05) is 23.4 Å². The summed E-state index contributed by atoms with van der Waals surface area (Å²) in [4.78, 5) is 25.0. The molecule has 0 radical (unpaired) electrons. The zero-order valence-electron chi connectivity index (χ0n) is 11.9. The van der Waals surface area contributed by atoms with Crippen LogP contribution in [0.15, 0.2) is 36.5 Å². The van der Waals surface area contributed by atoms with E-state index in [1.54, 1.807) is 15.8 Å². The van der Waals surface area contributed by atoms with Crippen LogP contribution < -0.4 is 0 Å². The predicted octanol–water partition coefficient (Wildman–Crippen LogP) is 1.20. The van der Waals surface area contributed by atoms with Crippen molar-refractivity contribution in [3.63, 3.8) is 0 Å². The standard InChI is InChI=1S/C15H16N4O3/c20-14(18-8-6-11(7-9-18)15(21)22)13-10-19(17-16-13)12-4-2-1-3-5-12/h1-5,10-11H,6-9H2,(H,21,22). The van der Waals surface area contributed by atoms with E-state index in [1.165, 1.54) is 0 Å². The Morgan fingerprint density at radius 1 is 1.14 bits per heavy atom. The van der Waals surface area contributed by atoms with Gasteiger partial charge in [0, 0.05) is 13.1 Å². The van der Waals surface area contributed by atoms with Crippen LogP contribution in [0.5, 0.6) is 0 Å². The summed E-state index contributed by atoms with van der Waals surface area (Å²) in [5.41, 5.74) is 1.11. The molecule has 114 valence electrons. The predicted molar refractivity (Wildman–Crippen MR) is 77.6 cm³/mol. The van der Waals surface area contributed by atoms with E-state index < -0.39 is 5.97 Å². The molecular formula is C15H16N4O3. The first kappa shape index (κ1) is 14.2. The molecule has 0 bridgehead atoms. The molecule has 1 amide bonds. The number of carboxylic acid groups (broad SMARTS) is 1. The number of hydrogen-bond acceptors (Lipinski definition) is 4. The molecule has 2 heterocycles. The monoisotopic (exact) mass is 300 g/mol. The molecular weight excluding hydrogens is 284 g/mol. The van der Waals surface area contributed by atoms with Crippen molar-refractivity contribution in [3.05, 3.63) is 42.2 Å². The second kappa shape index (κ2) is 5.97. The average Bonchev–Trinajstić information content (AvgIpc) is 3.05. The van der Waals surface area contributed by atoms with Crippen molar-refractivity contribution in [3.8, 4) is 5.69 Å². The van der Waals surface area contributed by atoms with Gasteiger partial charge in [0.2, 0.25) is 0 Å². The number of likely N-dealkylation sites (tertiary alicyclic amines) is 1. The van der Waals surface area contributed by atoms with Crippen molar-refractivity contribution >= 4 is 11.9 Å². The quantitative estimate of drug-likeness (QED) is 0.920. The van der Waals surface area contributed by atoms with Crippen LogP contribution in [0.3, 0.4) is 0 Å². The highest BCUT2D eigenvalue weighted by Gasteiger charge is 2.28. The number of carbonyl (C=O) groups is 2. The Labute approximate surface area is 127 Å². The van der Waals surface area contributed by atoms with E-state index in [0.29, 0.717) is 25.9 Å². The summed E-state index contributed by atoms with van der Waals surface area (Å²) in [6, 6.07) is 9.42. The molecule has 0 atom stereocenters. The van der Waals surface area contributed by atoms with Crippen LogP contribution >= 0.6 is 0 Å². The van der Waals surface area contributed by atoms with E-state index in [1.807, 2.05) is 30.3 Å². The smallest absolute Gasteiger partial charge is 0.306 e. The van der Waals surface area contributed by atoms with Crippen molar-refractivity contribution in [1.29, 1.82) is 0 Å². The van der Waals surface area contributed by atoms with Crippen LogP contribution in [-0.2, 0) is 4.79 Å². The number of rotatable bonds is 3. The van der Waals surface area contributed by atoms with Crippen LogP contribution in [0.2, 0.25) is 0 Å². The van der Waals surface area contributed by atoms with E-state index in [9.17, 15) is 9.59 Å². The Bertz CT molecular complexity index is 675. The summed E-state index contributed by atoms with van der Waals surface area (Å²) in [6.45, 7) is 0.877. The minimum atomic E-state index is -0.790. The molecule has 3 rings (SSSR count). The summed E-state index contributed by atoms with van der Waals surface area (Å²) in [5.74, 6) is -1.35. The number of hydrogen-bond donors (Lipinski definition) is 1. The topological polar surface area (TPSA) is 88.3 Å². The lowest BCUT2D eigenvalue weighted by atomic mass is 9.97. The molecule has 0 unspecified atom stereocenters. The third-order valence-electron chi connectivity index (χ3n) is 3.86. The maximum Gasteiger partial charge on any atom is 0.306 e. The van der Waals surface area contributed by atoms with Crippen LogP contribution in [0.25, 0.3) is 5.69 Å². The summed E-state index contributed by atoms with van der Waals surface area (Å²) in [6.07, 6.45) is 2.56. The van der Waals surface area contributed by atoms with E-state index in [0.717, 1.165) is 5.69 Å². The number of aromatic nitrogens is 3. The Morgan fingerprint density at radius 3 is 2.45 bits per heavy atom. The van der Waals surface area contributed by atoms with Crippen LogP contribution in [0, 0.1) is 5.92 Å². The number of amides is 1. The second-order valence-electron chi connectivity index (χ2n) is 5.29. The minimum absolute atomic E-state index is 0.203. The first-order valence-electron chi connectivity index (χ1n) is 7.15. The third kappa shape index (κ3) is 2.83. The fourth-order valence-electron chi connectivity index (χ4n) is 2.56. The largest absolute Gasteiger partial charge is 0.481 e. The normalized spacial score (nSPS) is 15.7. The van der Waals surface area contributed by atoms with Crippen molar-refractivity contribution in [2.45, 2.75) is 12.8 Å². The summed E-state index contributed by atoms with van der Waals surface area (Å²) in [5, 5.41) is 16.9. The molecule has 0 spiro atoms. The minimum Gasteiger partial charge on any atom is -0.481 e. The van der Waals surface area contributed by atoms with Gasteiger partial charge in [-0.2, -0.15) is 0 Å². The number of para-hydroxylation sites is 1. The first-order chi connectivity index (χ1) is 10.6. The SMILES string of the molecule is O=C(O)C1CCN(C(=O)c2cn(-c3ccccc3)nn2)CC1. The lowest BCUT2D eigenvalue weighted by Gasteiger charge is -2.29. The van der Waals surface area contributed by atoms with Gasteiger partial charge in [0.1, 0.15) is 0 Å². The molecule has 1 N–H and O–H groups in total. The molecule has 7 nitrogen and oxygen atoms in total. The lowest BCUT2D eigenvalue weighted by Crippen LogP contribution is -2.40. The molecule has 1 fully saturated rings. The third-order valence-corrected chi connectivity index (χ3v) is 3.86. The number of benzene rings is 1. The highest BCUT2D eigenvalue weighted by Crippen LogP contribution is 2.19. The number of piperidine rings is 1. The molecule has 1 saturated heterocycles. The average molecular weight is 300 g/mol. The molecule has 1 aliphatic heterocycles. The molecule has 2 aromatic rings. The Morgan fingerprint density at radius 2 is 1.82 bits per heavy atom. The number of aliphatic carboxylic acids is 1. The summed E-state index contributed by atoms with van der Waals surface area (Å²) >= 11 is 0. The van der Waals surface area contributed by atoms with Gasteiger partial charge in [-0.25, -0.2) is 4.68 Å². The van der Waals surface area contributed by atoms with Gasteiger partial charge in [-0.15, -0.1) is 5.10 Å². The Kier molecular flexibility index (Phi) is 3.86. The summed E-state index contributed by atoms with van der Waals surface area (Å²) < 4.78 is 1.55. The van der Waals surface area contributed by atoms with Crippen molar-refractivity contribution in [1.82, 2.24) is 19.9 Å². The maximum atomic E-state index is 12.4. The number of carboxylic acids is 1. The highest BCUT2D eigenvalue weighted by molar-refractivity contribution is 5.92. The van der Waals surface area contributed by atoms with Gasteiger partial charge < -0.3 is 10.0 Å². The van der Waals surface area contributed by atoms with Crippen LogP contribution in [0.1, 0.15) is 23.3 Å². The molecule has 1 aromatic heterocycles. The zero-order chi connectivity index (χ0) is 15.5. The van der Waals surface area contributed by atoms with Crippen molar-refractivity contribution in [2.75, 3.05) is 13.1 Å². The van der Waals surface area contributed by atoms with Gasteiger partial charge in [-0.05, 0) is 25.0 Å². The van der Waals surface area contributed by atoms with E-state index in [-0.39, 0.29) is 17.5 Å². The van der Waals surface area contributed by atoms with Gasteiger partial charge in [-0.3, -0.25) is 9.59 Å². The molecule has 22 heavy (non-hydrogen) atoms. The van der Waals surface area contributed by atoms with E-state index in [2.05, 4.69) is 10.3 Å². The zero-order valence-corrected chi connectivity index (χ0v) is 11.9.